The zero-order valence-electron chi connectivity index (χ0n) is 7.36. The summed E-state index contributed by atoms with van der Waals surface area (Å²) in [5, 5.41) is 0. The van der Waals surface area contributed by atoms with Crippen molar-refractivity contribution in [2.24, 2.45) is 0 Å². The van der Waals surface area contributed by atoms with Crippen LogP contribution in [-0.2, 0) is 0 Å². The van der Waals surface area contributed by atoms with Gasteiger partial charge < -0.3 is 0 Å². The van der Waals surface area contributed by atoms with Crippen molar-refractivity contribution >= 4 is 32.8 Å². The Labute approximate surface area is 81.3 Å². The minimum absolute atomic E-state index is 0. The molecule has 0 aromatic heterocycles. The van der Waals surface area contributed by atoms with Crippen molar-refractivity contribution in [2.75, 3.05) is 0 Å². The minimum atomic E-state index is 0. The van der Waals surface area contributed by atoms with E-state index in [0.717, 1.165) is 0 Å². The molecule has 0 aromatic carbocycles. The average Bonchev–Trinajstić information content (AvgIpc) is 1.89. The van der Waals surface area contributed by atoms with E-state index in [4.69, 9.17) is 0 Å². The molecule has 0 N–H and O–H groups in total. The standard InChI is InChI=1S/2C4H9.ClH.Mg/c2*1-3-4-2;;/h2*1,3-4H2,2H3;1H;. The fraction of sp³-hybridized carbons (Fsp3) is 1.00. The van der Waals surface area contributed by atoms with Crippen LogP contribution in [0.25, 0.3) is 0 Å². The highest BCUT2D eigenvalue weighted by atomic mass is 35.5. The Balaban J connectivity index is 0. The van der Waals surface area contributed by atoms with Crippen LogP contribution in [0, 0.1) is 0 Å². The molecule has 0 bridgehead atoms. The fourth-order valence-electron chi connectivity index (χ4n) is 1.03. The lowest BCUT2D eigenvalue weighted by atomic mass is 10.4. The van der Waals surface area contributed by atoms with Gasteiger partial charge in [0.05, 0.1) is 0 Å². The van der Waals surface area contributed by atoms with Crippen LogP contribution in [0.3, 0.4) is 0 Å². The number of unbranched alkanes of at least 4 members (excludes halogenated alkanes) is 2. The minimum Gasteiger partial charge on any atom is -0.147 e. The first kappa shape index (κ1) is 13.6. The van der Waals surface area contributed by atoms with Crippen molar-refractivity contribution in [3.63, 3.8) is 0 Å². The molecule has 0 aliphatic heterocycles. The molecule has 0 saturated heterocycles. The van der Waals surface area contributed by atoms with Gasteiger partial charge in [0, 0.05) is 0 Å². The molecular formula is C8H19ClMg. The van der Waals surface area contributed by atoms with Crippen LogP contribution in [0.1, 0.15) is 39.5 Å². The highest BCUT2D eigenvalue weighted by Gasteiger charge is 1.92. The number of hydrogen-bond acceptors (Lipinski definition) is 0. The highest BCUT2D eigenvalue weighted by molar-refractivity contribution is 6.35. The van der Waals surface area contributed by atoms with Crippen LogP contribution >= 0.6 is 12.4 Å². The van der Waals surface area contributed by atoms with E-state index >= 15 is 0 Å². The number of halogens is 1. The molecule has 0 atom stereocenters. The average molecular weight is 175 g/mol. The Morgan fingerprint density at radius 3 is 1.60 bits per heavy atom. The SMILES string of the molecule is CCC[CH2][Mg][CH2]CCC.Cl. The van der Waals surface area contributed by atoms with Crippen LogP contribution < -0.4 is 0 Å². The van der Waals surface area contributed by atoms with E-state index < -0.39 is 0 Å². The second kappa shape index (κ2) is 12.7. The second-order valence-corrected chi connectivity index (χ2v) is 4.89. The van der Waals surface area contributed by atoms with Gasteiger partial charge in [-0.1, -0.05) is 39.5 Å². The summed E-state index contributed by atoms with van der Waals surface area (Å²) in [6.07, 6.45) is 5.80. The topological polar surface area (TPSA) is 0 Å². The molecule has 0 heterocycles. The van der Waals surface area contributed by atoms with Gasteiger partial charge in [-0.3, -0.25) is 0 Å². The van der Waals surface area contributed by atoms with Crippen molar-refractivity contribution in [2.45, 2.75) is 48.6 Å². The van der Waals surface area contributed by atoms with Crippen LogP contribution in [0.15, 0.2) is 0 Å². The Hall–Kier alpha value is 1.06. The van der Waals surface area contributed by atoms with Crippen LogP contribution in [0.4, 0.5) is 0 Å². The third-order valence-electron chi connectivity index (χ3n) is 1.71. The summed E-state index contributed by atoms with van der Waals surface area (Å²) in [5.74, 6) is 0. The molecule has 0 amide bonds. The smallest absolute Gasteiger partial charge is 0.147 e. The first-order valence-corrected chi connectivity index (χ1v) is 6.41. The lowest BCUT2D eigenvalue weighted by Crippen LogP contribution is -1.87. The molecule has 10 heavy (non-hydrogen) atoms. The van der Waals surface area contributed by atoms with Crippen molar-refractivity contribution in [3.8, 4) is 0 Å². The van der Waals surface area contributed by atoms with Gasteiger partial charge in [-0.05, 0) is 0 Å². The molecule has 0 aromatic rings. The molecule has 0 aliphatic rings. The predicted octanol–water partition coefficient (Wildman–Crippen LogP) is 3.55. The van der Waals surface area contributed by atoms with Gasteiger partial charge in [0.2, 0.25) is 0 Å². The normalized spacial score (nSPS) is 8.20. The van der Waals surface area contributed by atoms with Crippen molar-refractivity contribution < 1.29 is 0 Å². The molecule has 0 unspecified atom stereocenters. The Kier molecular flexibility index (Phi) is 17.3. The van der Waals surface area contributed by atoms with Crippen molar-refractivity contribution in [1.29, 1.82) is 0 Å². The third-order valence-corrected chi connectivity index (χ3v) is 3.71. The number of rotatable bonds is 6. The van der Waals surface area contributed by atoms with Gasteiger partial charge in [-0.15, -0.1) is 21.5 Å². The van der Waals surface area contributed by atoms with Gasteiger partial charge in [-0.25, -0.2) is 0 Å². The van der Waals surface area contributed by atoms with Gasteiger partial charge in [0.15, 0.2) is 0 Å². The van der Waals surface area contributed by atoms with E-state index in [9.17, 15) is 0 Å². The molecule has 0 nitrogen and oxygen atoms in total. The maximum absolute atomic E-state index is 2.29. The summed E-state index contributed by atoms with van der Waals surface area (Å²) in [6.45, 7) is 4.57. The van der Waals surface area contributed by atoms with E-state index in [-0.39, 0.29) is 12.4 Å². The quantitative estimate of drug-likeness (QED) is 0.427. The zero-order chi connectivity index (χ0) is 6.95. The number of hydrogen-bond donors (Lipinski definition) is 0. The first-order chi connectivity index (χ1) is 4.41. The van der Waals surface area contributed by atoms with E-state index in [1.165, 1.54) is 25.7 Å². The van der Waals surface area contributed by atoms with Crippen molar-refractivity contribution in [1.82, 2.24) is 0 Å². The van der Waals surface area contributed by atoms with E-state index in [0.29, 0.717) is 20.4 Å². The molecule has 0 fully saturated rings. The molecular weight excluding hydrogens is 156 g/mol. The molecule has 0 radical (unpaired) electrons. The van der Waals surface area contributed by atoms with Crippen molar-refractivity contribution in [3.05, 3.63) is 0 Å². The first-order valence-electron chi connectivity index (χ1n) is 4.41. The predicted molar refractivity (Wildman–Crippen MR) is 52.4 cm³/mol. The molecule has 0 rings (SSSR count). The summed E-state index contributed by atoms with van der Waals surface area (Å²) in [4.78, 5) is 0. The summed E-state index contributed by atoms with van der Waals surface area (Å²) < 4.78 is 3.19. The Bertz CT molecular complexity index is 42.5. The van der Waals surface area contributed by atoms with Gasteiger partial charge >= 0.3 is 20.4 Å². The third kappa shape index (κ3) is 11.8. The molecule has 2 heteroatoms. The van der Waals surface area contributed by atoms with Gasteiger partial charge in [0.1, 0.15) is 0 Å². The summed E-state index contributed by atoms with van der Waals surface area (Å²) in [5.41, 5.74) is 0. The van der Waals surface area contributed by atoms with E-state index in [1.54, 1.807) is 9.10 Å². The Morgan fingerprint density at radius 2 is 1.30 bits per heavy atom. The van der Waals surface area contributed by atoms with Gasteiger partial charge in [-0.2, -0.15) is 0 Å². The lowest BCUT2D eigenvalue weighted by Gasteiger charge is -1.93. The Morgan fingerprint density at radius 1 is 0.900 bits per heavy atom. The fourth-order valence-corrected chi connectivity index (χ4v) is 3.09. The summed E-state index contributed by atoms with van der Waals surface area (Å²) >= 11 is 0.389. The van der Waals surface area contributed by atoms with Crippen LogP contribution in [-0.4, -0.2) is 20.4 Å². The maximum Gasteiger partial charge on any atom is 0.364 e. The summed E-state index contributed by atoms with van der Waals surface area (Å²) in [7, 11) is 0. The largest absolute Gasteiger partial charge is 0.364 e. The maximum atomic E-state index is 2.29. The zero-order valence-corrected chi connectivity index (χ0v) is 9.59. The monoisotopic (exact) mass is 174 g/mol. The second-order valence-electron chi connectivity index (χ2n) is 2.77. The molecule has 60 valence electrons. The summed E-state index contributed by atoms with van der Waals surface area (Å²) in [6, 6.07) is 0. The molecule has 0 saturated carbocycles. The van der Waals surface area contributed by atoms with Gasteiger partial charge in [0.25, 0.3) is 0 Å². The van der Waals surface area contributed by atoms with Crippen LogP contribution in [0.5, 0.6) is 0 Å². The van der Waals surface area contributed by atoms with E-state index in [1.807, 2.05) is 0 Å². The molecule has 0 aliphatic carbocycles. The highest BCUT2D eigenvalue weighted by Crippen LogP contribution is 1.99. The van der Waals surface area contributed by atoms with Crippen LogP contribution in [0.2, 0.25) is 9.10 Å². The lowest BCUT2D eigenvalue weighted by molar-refractivity contribution is 0.851. The van der Waals surface area contributed by atoms with E-state index in [2.05, 4.69) is 13.8 Å². The molecule has 0 spiro atoms.